The number of benzene rings is 1. The van der Waals surface area contributed by atoms with Crippen molar-refractivity contribution in [1.29, 1.82) is 0 Å². The lowest BCUT2D eigenvalue weighted by atomic mass is 9.75. The van der Waals surface area contributed by atoms with Crippen LogP contribution in [0.1, 0.15) is 34.9 Å². The number of nitrogens with zero attached hydrogens (tertiary/aromatic N) is 3. The van der Waals surface area contributed by atoms with Crippen molar-refractivity contribution in [2.24, 2.45) is 13.0 Å². The van der Waals surface area contributed by atoms with Gasteiger partial charge in [-0.05, 0) is 30.2 Å². The highest BCUT2D eigenvalue weighted by Gasteiger charge is 2.36. The number of carbonyl (C=O) groups excluding carboxylic acids is 1. The molecule has 0 aliphatic heterocycles. The number of fused-ring (bicyclic) bond motifs is 1. The average molecular weight is 336 g/mol. The smallest absolute Gasteiger partial charge is 0.270 e. The molecule has 0 saturated heterocycles. The van der Waals surface area contributed by atoms with Crippen molar-refractivity contribution in [2.75, 3.05) is 0 Å². The Balaban J connectivity index is 1.58. The highest BCUT2D eigenvalue weighted by molar-refractivity contribution is 5.96. The quantitative estimate of drug-likeness (QED) is 0.765. The molecule has 1 atom stereocenters. The van der Waals surface area contributed by atoms with Gasteiger partial charge in [0.05, 0.1) is 18.3 Å². The van der Waals surface area contributed by atoms with E-state index in [4.69, 9.17) is 0 Å². The number of rotatable bonds is 4. The van der Waals surface area contributed by atoms with Gasteiger partial charge >= 0.3 is 0 Å². The molecular formula is C19H20N4O2. The van der Waals surface area contributed by atoms with Crippen molar-refractivity contribution in [3.8, 4) is 0 Å². The molecule has 4 rings (SSSR count). The summed E-state index contributed by atoms with van der Waals surface area (Å²) in [7, 11) is 1.85. The normalized spacial score (nSPS) is 20.9. The highest BCUT2D eigenvalue weighted by Crippen LogP contribution is 2.38. The number of aliphatic hydroxyl groups is 1. The van der Waals surface area contributed by atoms with Crippen LogP contribution >= 0.6 is 0 Å². The number of aliphatic hydroxyl groups excluding tert-OH is 1. The van der Waals surface area contributed by atoms with Crippen LogP contribution < -0.4 is 5.32 Å². The highest BCUT2D eigenvalue weighted by atomic mass is 16.3. The van der Waals surface area contributed by atoms with Gasteiger partial charge in [0.25, 0.3) is 5.91 Å². The Morgan fingerprint density at radius 2 is 2.04 bits per heavy atom. The number of aromatic nitrogens is 3. The van der Waals surface area contributed by atoms with Crippen molar-refractivity contribution in [3.63, 3.8) is 0 Å². The minimum atomic E-state index is -0.278. The van der Waals surface area contributed by atoms with E-state index >= 15 is 0 Å². The van der Waals surface area contributed by atoms with Gasteiger partial charge < -0.3 is 10.4 Å². The number of amides is 1. The van der Waals surface area contributed by atoms with Crippen molar-refractivity contribution in [3.05, 3.63) is 60.2 Å². The molecule has 1 fully saturated rings. The van der Waals surface area contributed by atoms with Crippen LogP contribution in [0.3, 0.4) is 0 Å². The van der Waals surface area contributed by atoms with Gasteiger partial charge in [0, 0.05) is 30.4 Å². The summed E-state index contributed by atoms with van der Waals surface area (Å²) in [6, 6.07) is 9.47. The minimum absolute atomic E-state index is 0.169. The number of pyridine rings is 1. The van der Waals surface area contributed by atoms with E-state index in [0.717, 1.165) is 16.3 Å². The van der Waals surface area contributed by atoms with Crippen molar-refractivity contribution in [2.45, 2.75) is 25.0 Å². The number of aryl methyl sites for hydroxylation is 1. The van der Waals surface area contributed by atoms with E-state index in [2.05, 4.69) is 15.4 Å². The topological polar surface area (TPSA) is 80.0 Å². The maximum atomic E-state index is 12.7. The lowest BCUT2D eigenvalue weighted by Crippen LogP contribution is -2.41. The van der Waals surface area contributed by atoms with Crippen LogP contribution in [0.4, 0.5) is 0 Å². The molecule has 0 spiro atoms. The van der Waals surface area contributed by atoms with E-state index in [0.29, 0.717) is 18.5 Å². The van der Waals surface area contributed by atoms with E-state index in [1.165, 1.54) is 0 Å². The van der Waals surface area contributed by atoms with Gasteiger partial charge in [-0.3, -0.25) is 14.5 Å². The Morgan fingerprint density at radius 1 is 1.28 bits per heavy atom. The molecule has 128 valence electrons. The summed E-state index contributed by atoms with van der Waals surface area (Å²) in [5.74, 6) is 0.00426. The molecule has 1 saturated carbocycles. The Morgan fingerprint density at radius 3 is 2.72 bits per heavy atom. The largest absolute Gasteiger partial charge is 0.393 e. The van der Waals surface area contributed by atoms with Gasteiger partial charge in [-0.1, -0.05) is 24.3 Å². The summed E-state index contributed by atoms with van der Waals surface area (Å²) in [4.78, 5) is 17.0. The third-order valence-electron chi connectivity index (χ3n) is 4.86. The van der Waals surface area contributed by atoms with Gasteiger partial charge in [-0.25, -0.2) is 0 Å². The Bertz CT molecular complexity index is 914. The summed E-state index contributed by atoms with van der Waals surface area (Å²) >= 11 is 0. The molecule has 3 aromatic rings. The second-order valence-corrected chi connectivity index (χ2v) is 6.70. The van der Waals surface area contributed by atoms with Crippen molar-refractivity contribution >= 4 is 16.7 Å². The lowest BCUT2D eigenvalue weighted by Gasteiger charge is -2.37. The average Bonchev–Trinajstić information content (AvgIpc) is 3.03. The molecule has 2 heterocycles. The van der Waals surface area contributed by atoms with Gasteiger partial charge in [0.2, 0.25) is 0 Å². The summed E-state index contributed by atoms with van der Waals surface area (Å²) in [6.45, 7) is 0. The standard InChI is InChI=1S/C19H20N4O2/c1-23-11-15(10-21-23)18(14-6-16(24)7-14)22-19(25)17-8-12-4-2-3-5-13(12)9-20-17/h2-5,8-11,14,16,18,24H,6-7H2,1H3,(H,22,25). The molecule has 0 bridgehead atoms. The monoisotopic (exact) mass is 336 g/mol. The molecule has 2 aromatic heterocycles. The Kier molecular flexibility index (Phi) is 3.97. The number of hydrogen-bond donors (Lipinski definition) is 2. The van der Waals surface area contributed by atoms with Crippen LogP contribution in [0, 0.1) is 5.92 Å². The van der Waals surface area contributed by atoms with Gasteiger partial charge in [0.1, 0.15) is 5.69 Å². The molecule has 6 nitrogen and oxygen atoms in total. The van der Waals surface area contributed by atoms with Gasteiger partial charge in [0.15, 0.2) is 0 Å². The zero-order chi connectivity index (χ0) is 17.4. The number of hydrogen-bond acceptors (Lipinski definition) is 4. The van der Waals surface area contributed by atoms with E-state index in [1.807, 2.05) is 37.5 Å². The van der Waals surface area contributed by atoms with Crippen molar-refractivity contribution in [1.82, 2.24) is 20.1 Å². The first-order valence-electron chi connectivity index (χ1n) is 8.42. The predicted molar refractivity (Wildman–Crippen MR) is 93.9 cm³/mol. The Labute approximate surface area is 145 Å². The second kappa shape index (κ2) is 6.29. The number of nitrogens with one attached hydrogen (secondary N) is 1. The summed E-state index contributed by atoms with van der Waals surface area (Å²) in [5.41, 5.74) is 1.35. The van der Waals surface area contributed by atoms with Gasteiger partial charge in [-0.15, -0.1) is 0 Å². The maximum absolute atomic E-state index is 12.7. The first-order valence-corrected chi connectivity index (χ1v) is 8.42. The molecule has 0 radical (unpaired) electrons. The van der Waals surface area contributed by atoms with E-state index in [1.54, 1.807) is 23.1 Å². The summed E-state index contributed by atoms with van der Waals surface area (Å²) in [5, 5.41) is 18.9. The first kappa shape index (κ1) is 15.8. The molecule has 1 aliphatic rings. The van der Waals surface area contributed by atoms with E-state index in [-0.39, 0.29) is 24.0 Å². The van der Waals surface area contributed by atoms with Crippen LogP contribution in [-0.4, -0.2) is 31.9 Å². The fraction of sp³-hybridized carbons (Fsp3) is 0.316. The van der Waals surface area contributed by atoms with Crippen LogP contribution in [-0.2, 0) is 7.05 Å². The van der Waals surface area contributed by atoms with Gasteiger partial charge in [-0.2, -0.15) is 5.10 Å². The maximum Gasteiger partial charge on any atom is 0.270 e. The third-order valence-corrected chi connectivity index (χ3v) is 4.86. The SMILES string of the molecule is Cn1cc(C(NC(=O)c2cc3ccccc3cn2)C2CC(O)C2)cn1. The van der Waals surface area contributed by atoms with E-state index in [9.17, 15) is 9.90 Å². The molecular weight excluding hydrogens is 316 g/mol. The molecule has 25 heavy (non-hydrogen) atoms. The van der Waals surface area contributed by atoms with Crippen LogP contribution in [0.5, 0.6) is 0 Å². The molecule has 1 aliphatic carbocycles. The fourth-order valence-corrected chi connectivity index (χ4v) is 3.40. The first-order chi connectivity index (χ1) is 12.1. The predicted octanol–water partition coefficient (Wildman–Crippen LogP) is 2.21. The van der Waals surface area contributed by atoms with E-state index < -0.39 is 0 Å². The summed E-state index contributed by atoms with van der Waals surface area (Å²) in [6.07, 6.45) is 6.49. The molecule has 1 amide bonds. The van der Waals surface area contributed by atoms with Crippen LogP contribution in [0.2, 0.25) is 0 Å². The third kappa shape index (κ3) is 3.13. The zero-order valence-electron chi connectivity index (χ0n) is 14.0. The van der Waals surface area contributed by atoms with Crippen LogP contribution in [0.15, 0.2) is 48.9 Å². The minimum Gasteiger partial charge on any atom is -0.393 e. The van der Waals surface area contributed by atoms with Crippen LogP contribution in [0.25, 0.3) is 10.8 Å². The Hall–Kier alpha value is -2.73. The number of carbonyl (C=O) groups is 1. The molecule has 6 heteroatoms. The second-order valence-electron chi connectivity index (χ2n) is 6.70. The fourth-order valence-electron chi connectivity index (χ4n) is 3.40. The molecule has 1 unspecified atom stereocenters. The summed E-state index contributed by atoms with van der Waals surface area (Å²) < 4.78 is 1.72. The molecule has 2 N–H and O–H groups in total. The van der Waals surface area contributed by atoms with Crippen molar-refractivity contribution < 1.29 is 9.90 Å². The zero-order valence-corrected chi connectivity index (χ0v) is 14.0. The lowest BCUT2D eigenvalue weighted by molar-refractivity contribution is 0.0234. The molecule has 1 aromatic carbocycles.